The molecule has 2 heterocycles. The van der Waals surface area contributed by atoms with Gasteiger partial charge in [-0.2, -0.15) is 0 Å². The van der Waals surface area contributed by atoms with Crippen LogP contribution in [0.4, 0.5) is 0 Å². The normalized spacial score (nSPS) is 17.7. The second-order valence-corrected chi connectivity index (χ2v) is 9.76. The number of carbonyl (C=O) groups is 2. The number of rotatable bonds is 2. The summed E-state index contributed by atoms with van der Waals surface area (Å²) in [5.74, 6) is -0.309. The minimum atomic E-state index is -0.155. The molecule has 29 heavy (non-hydrogen) atoms. The van der Waals surface area contributed by atoms with Crippen molar-refractivity contribution in [1.82, 2.24) is 4.90 Å². The van der Waals surface area contributed by atoms with E-state index in [-0.39, 0.29) is 11.6 Å². The maximum atomic E-state index is 12.6. The molecule has 0 atom stereocenters. The Morgan fingerprint density at radius 3 is 2.38 bits per heavy atom. The molecule has 0 spiro atoms. The average molecular weight is 442 g/mol. The third-order valence-corrected chi connectivity index (χ3v) is 7.86. The van der Waals surface area contributed by atoms with Crippen LogP contribution in [0.3, 0.4) is 0 Å². The molecule has 3 nitrogen and oxygen atoms in total. The van der Waals surface area contributed by atoms with Crippen LogP contribution in [0.2, 0.25) is 0 Å². The summed E-state index contributed by atoms with van der Waals surface area (Å²) in [6, 6.07) is 14.0. The molecule has 1 aromatic heterocycles. The fourth-order valence-corrected chi connectivity index (χ4v) is 6.25. The smallest absolute Gasteiger partial charge is 0.0615 e. The predicted octanol–water partition coefficient (Wildman–Crippen LogP) is 4.43. The first-order chi connectivity index (χ1) is 14.2. The van der Waals surface area contributed by atoms with Crippen LogP contribution >= 0.6 is 0 Å². The number of benzene rings is 2. The van der Waals surface area contributed by atoms with Crippen molar-refractivity contribution in [2.75, 3.05) is 0 Å². The first-order valence-electron chi connectivity index (χ1n) is 9.71. The first kappa shape index (κ1) is 17.0. The summed E-state index contributed by atoms with van der Waals surface area (Å²) in [6.07, 6.45) is 6.73. The molecule has 3 aliphatic rings. The Labute approximate surface area is 174 Å². The third kappa shape index (κ3) is 2.64. The van der Waals surface area contributed by atoms with Crippen molar-refractivity contribution in [1.29, 1.82) is 0 Å². The van der Waals surface area contributed by atoms with E-state index in [1.807, 2.05) is 6.08 Å². The van der Waals surface area contributed by atoms with E-state index in [1.54, 1.807) is 30.3 Å². The van der Waals surface area contributed by atoms with Crippen molar-refractivity contribution in [3.8, 4) is 0 Å². The Morgan fingerprint density at radius 2 is 1.62 bits per heavy atom. The van der Waals surface area contributed by atoms with Crippen molar-refractivity contribution in [2.45, 2.75) is 19.5 Å². The zero-order chi connectivity index (χ0) is 19.5. The van der Waals surface area contributed by atoms with Crippen molar-refractivity contribution < 1.29 is 9.59 Å². The minimum absolute atomic E-state index is 0.155. The quantitative estimate of drug-likeness (QED) is 0.335. The van der Waals surface area contributed by atoms with Crippen molar-refractivity contribution in [3.63, 3.8) is 0 Å². The summed E-state index contributed by atoms with van der Waals surface area (Å²) in [7, 11) is 0. The van der Waals surface area contributed by atoms with Gasteiger partial charge in [-0.15, -0.1) is 0 Å². The van der Waals surface area contributed by atoms with E-state index in [9.17, 15) is 9.59 Å². The fourth-order valence-electron chi connectivity index (χ4n) is 4.50. The summed E-state index contributed by atoms with van der Waals surface area (Å²) < 4.78 is 1.49. The van der Waals surface area contributed by atoms with Gasteiger partial charge in [-0.1, -0.05) is 24.3 Å². The zero-order valence-corrected chi connectivity index (χ0v) is 17.4. The van der Waals surface area contributed by atoms with Gasteiger partial charge in [0.1, 0.15) is 0 Å². The number of nitrogens with zero attached hydrogens (tertiary/aromatic N) is 1. The zero-order valence-electron chi connectivity index (χ0n) is 15.6. The topological polar surface area (TPSA) is 37.4 Å². The molecule has 0 saturated heterocycles. The standard InChI is InChI=1S/C25H17NO2Se/c27-24-20-3-1-2-4-21(20)25(28)22(24)10-15-5-6-19(9-15)26-13-17-11-16-7-8-29-23(16)12-18(17)14-26/h1-8,10-12H,9,13-14H2. The van der Waals surface area contributed by atoms with E-state index in [0.29, 0.717) is 31.2 Å². The first-order valence-corrected chi connectivity index (χ1v) is 11.6. The van der Waals surface area contributed by atoms with Crippen molar-refractivity contribution in [2.24, 2.45) is 0 Å². The molecule has 4 heteroatoms. The van der Waals surface area contributed by atoms with Gasteiger partial charge in [0.25, 0.3) is 0 Å². The predicted molar refractivity (Wildman–Crippen MR) is 114 cm³/mol. The van der Waals surface area contributed by atoms with E-state index in [0.717, 1.165) is 25.1 Å². The SMILES string of the molecule is O=C1C(=CC2=CC=C(N3Cc4cc5cc[se]c5cc4C3)C2)C(=O)c2ccccc21. The summed E-state index contributed by atoms with van der Waals surface area (Å²) in [6.45, 7) is 1.86. The Morgan fingerprint density at radius 1 is 0.897 bits per heavy atom. The van der Waals surface area contributed by atoms with E-state index >= 15 is 0 Å². The van der Waals surface area contributed by atoms with E-state index < -0.39 is 0 Å². The van der Waals surface area contributed by atoms with E-state index in [1.165, 1.54) is 26.5 Å². The van der Waals surface area contributed by atoms with Crippen LogP contribution in [-0.2, 0) is 13.1 Å². The number of hydrogen-bond donors (Lipinski definition) is 0. The summed E-state index contributed by atoms with van der Waals surface area (Å²) >= 11 is 0.475. The van der Waals surface area contributed by atoms with Gasteiger partial charge in [0.2, 0.25) is 0 Å². The number of allylic oxidation sites excluding steroid dienone is 5. The second kappa shape index (κ2) is 6.28. The number of carbonyl (C=O) groups excluding carboxylic acids is 2. The Balaban J connectivity index is 1.21. The number of hydrogen-bond acceptors (Lipinski definition) is 3. The molecular formula is C25H17NO2Se. The molecule has 6 rings (SSSR count). The number of Topliss-reactive ketones (excluding diaryl/α,β-unsaturated/α-hetero) is 2. The molecule has 3 aromatic rings. The Hall–Kier alpha value is -2.94. The van der Waals surface area contributed by atoms with E-state index in [2.05, 4.69) is 34.1 Å². The monoisotopic (exact) mass is 443 g/mol. The van der Waals surface area contributed by atoms with Gasteiger partial charge >= 0.3 is 150 Å². The third-order valence-electron chi connectivity index (χ3n) is 6.01. The van der Waals surface area contributed by atoms with Crippen LogP contribution in [0.1, 0.15) is 38.3 Å². The molecule has 2 aliphatic carbocycles. The van der Waals surface area contributed by atoms with Crippen LogP contribution in [0.25, 0.3) is 9.65 Å². The fraction of sp³-hybridized carbons (Fsp3) is 0.120. The molecule has 0 unspecified atom stereocenters. The second-order valence-electron chi connectivity index (χ2n) is 7.77. The maximum absolute atomic E-state index is 12.6. The molecule has 0 saturated carbocycles. The van der Waals surface area contributed by atoms with Crippen LogP contribution in [0.15, 0.2) is 82.5 Å². The molecule has 2 aromatic carbocycles. The number of ketones is 2. The molecule has 0 amide bonds. The Kier molecular flexibility index (Phi) is 3.67. The van der Waals surface area contributed by atoms with Gasteiger partial charge in [-0.25, -0.2) is 0 Å². The van der Waals surface area contributed by atoms with Crippen molar-refractivity contribution in [3.05, 3.63) is 105 Å². The Bertz CT molecular complexity index is 1240. The number of fused-ring (bicyclic) bond motifs is 3. The van der Waals surface area contributed by atoms with Crippen molar-refractivity contribution >= 4 is 35.7 Å². The molecule has 0 radical (unpaired) electrons. The van der Waals surface area contributed by atoms with Crippen LogP contribution in [0, 0.1) is 0 Å². The minimum Gasteiger partial charge on any atom is -0.0615 e. The van der Waals surface area contributed by atoms with Gasteiger partial charge in [0.05, 0.1) is 0 Å². The summed E-state index contributed by atoms with van der Waals surface area (Å²) in [5.41, 5.74) is 6.46. The van der Waals surface area contributed by atoms with E-state index in [4.69, 9.17) is 0 Å². The van der Waals surface area contributed by atoms with Crippen LogP contribution in [0.5, 0.6) is 0 Å². The molecule has 1 aliphatic heterocycles. The summed E-state index contributed by atoms with van der Waals surface area (Å²) in [4.78, 5) is 30.0. The molecular weight excluding hydrogens is 425 g/mol. The van der Waals surface area contributed by atoms with Gasteiger partial charge in [0.15, 0.2) is 0 Å². The van der Waals surface area contributed by atoms with Gasteiger partial charge < -0.3 is 0 Å². The van der Waals surface area contributed by atoms with Gasteiger partial charge in [-0.05, 0) is 0 Å². The molecule has 0 bridgehead atoms. The van der Waals surface area contributed by atoms with Crippen LogP contribution < -0.4 is 0 Å². The molecule has 140 valence electrons. The molecule has 0 fully saturated rings. The van der Waals surface area contributed by atoms with Gasteiger partial charge in [0, 0.05) is 0 Å². The summed E-state index contributed by atoms with van der Waals surface area (Å²) in [5, 5.41) is 1.38. The van der Waals surface area contributed by atoms with Gasteiger partial charge in [-0.3, -0.25) is 0 Å². The molecule has 0 N–H and O–H groups in total. The average Bonchev–Trinajstić information content (AvgIpc) is 3.50. The van der Waals surface area contributed by atoms with Crippen LogP contribution in [-0.4, -0.2) is 31.0 Å².